The largest absolute Gasteiger partial charge is 0.377 e. The summed E-state index contributed by atoms with van der Waals surface area (Å²) in [4.78, 5) is 4.33. The van der Waals surface area contributed by atoms with E-state index in [0.717, 1.165) is 25.0 Å². The summed E-state index contributed by atoms with van der Waals surface area (Å²) in [5.74, 6) is 2.30. The third kappa shape index (κ3) is 4.11. The standard InChI is InChI=1S/C16H31N3O/c1-11-9-13(11)19-15(17-5)18-10-12-7-6-8-20-14(12)16(2,3)4/h11-14H,6-10H2,1-5H3,(H2,17,18,19). The van der Waals surface area contributed by atoms with Crippen LogP contribution >= 0.6 is 0 Å². The van der Waals surface area contributed by atoms with Crippen LogP contribution in [0.1, 0.15) is 47.0 Å². The molecule has 116 valence electrons. The molecule has 2 N–H and O–H groups in total. The normalized spacial score (nSPS) is 34.8. The van der Waals surface area contributed by atoms with Gasteiger partial charge in [-0.2, -0.15) is 0 Å². The lowest BCUT2D eigenvalue weighted by molar-refractivity contribution is -0.0835. The second kappa shape index (κ2) is 6.33. The first-order valence-corrected chi connectivity index (χ1v) is 8.00. The predicted molar refractivity (Wildman–Crippen MR) is 84.0 cm³/mol. The fourth-order valence-corrected chi connectivity index (χ4v) is 3.13. The summed E-state index contributed by atoms with van der Waals surface area (Å²) in [6, 6.07) is 0.613. The van der Waals surface area contributed by atoms with Gasteiger partial charge in [-0.1, -0.05) is 27.7 Å². The first-order valence-electron chi connectivity index (χ1n) is 8.00. The maximum atomic E-state index is 6.03. The van der Waals surface area contributed by atoms with Crippen molar-refractivity contribution in [3.63, 3.8) is 0 Å². The number of hydrogen-bond donors (Lipinski definition) is 2. The van der Waals surface area contributed by atoms with Gasteiger partial charge in [-0.15, -0.1) is 0 Å². The van der Waals surface area contributed by atoms with E-state index < -0.39 is 0 Å². The molecular weight excluding hydrogens is 250 g/mol. The SMILES string of the molecule is CN=C(NCC1CCCOC1C(C)(C)C)NC1CC1C. The van der Waals surface area contributed by atoms with Crippen LogP contribution in [-0.4, -0.2) is 38.3 Å². The lowest BCUT2D eigenvalue weighted by atomic mass is 9.78. The van der Waals surface area contributed by atoms with Crippen molar-refractivity contribution in [3.05, 3.63) is 0 Å². The highest BCUT2D eigenvalue weighted by Gasteiger charge is 2.36. The Hall–Kier alpha value is -0.770. The van der Waals surface area contributed by atoms with E-state index >= 15 is 0 Å². The van der Waals surface area contributed by atoms with Crippen molar-refractivity contribution in [2.45, 2.75) is 59.1 Å². The number of nitrogens with zero attached hydrogens (tertiary/aromatic N) is 1. The lowest BCUT2D eigenvalue weighted by Crippen LogP contribution is -2.48. The fraction of sp³-hybridized carbons (Fsp3) is 0.938. The molecule has 4 nitrogen and oxygen atoms in total. The molecule has 0 bridgehead atoms. The molecule has 2 fully saturated rings. The Kier molecular flexibility index (Phi) is 4.95. The molecule has 0 aromatic carbocycles. The van der Waals surface area contributed by atoms with Gasteiger partial charge in [0, 0.05) is 32.2 Å². The molecule has 4 atom stereocenters. The van der Waals surface area contributed by atoms with Gasteiger partial charge in [0.1, 0.15) is 0 Å². The van der Waals surface area contributed by atoms with Crippen LogP contribution in [0, 0.1) is 17.3 Å². The van der Waals surface area contributed by atoms with E-state index in [2.05, 4.69) is 43.3 Å². The van der Waals surface area contributed by atoms with Gasteiger partial charge in [0.25, 0.3) is 0 Å². The first-order chi connectivity index (χ1) is 9.41. The zero-order chi connectivity index (χ0) is 14.8. The number of hydrogen-bond acceptors (Lipinski definition) is 2. The van der Waals surface area contributed by atoms with E-state index in [9.17, 15) is 0 Å². The maximum absolute atomic E-state index is 6.03. The molecule has 1 aliphatic heterocycles. The molecular formula is C16H31N3O. The van der Waals surface area contributed by atoms with Crippen molar-refractivity contribution in [2.24, 2.45) is 22.2 Å². The van der Waals surface area contributed by atoms with Crippen LogP contribution in [0.5, 0.6) is 0 Å². The zero-order valence-electron chi connectivity index (χ0n) is 13.7. The van der Waals surface area contributed by atoms with Gasteiger partial charge in [-0.25, -0.2) is 0 Å². The Morgan fingerprint density at radius 3 is 2.60 bits per heavy atom. The van der Waals surface area contributed by atoms with Crippen LogP contribution in [0.3, 0.4) is 0 Å². The quantitative estimate of drug-likeness (QED) is 0.617. The van der Waals surface area contributed by atoms with Crippen molar-refractivity contribution >= 4 is 5.96 Å². The minimum atomic E-state index is 0.203. The van der Waals surface area contributed by atoms with E-state index in [1.165, 1.54) is 19.3 Å². The summed E-state index contributed by atoms with van der Waals surface area (Å²) in [5.41, 5.74) is 0.203. The first kappa shape index (κ1) is 15.6. The van der Waals surface area contributed by atoms with Gasteiger partial charge < -0.3 is 15.4 Å². The molecule has 0 amide bonds. The second-order valence-electron chi connectivity index (χ2n) is 7.48. The summed E-state index contributed by atoms with van der Waals surface area (Å²) < 4.78 is 6.03. The van der Waals surface area contributed by atoms with Crippen molar-refractivity contribution in [2.75, 3.05) is 20.2 Å². The smallest absolute Gasteiger partial charge is 0.191 e. The topological polar surface area (TPSA) is 45.7 Å². The van der Waals surface area contributed by atoms with E-state index in [0.29, 0.717) is 18.1 Å². The molecule has 1 aliphatic carbocycles. The Balaban J connectivity index is 1.84. The van der Waals surface area contributed by atoms with Crippen LogP contribution in [0.15, 0.2) is 4.99 Å². The van der Waals surface area contributed by atoms with Crippen LogP contribution in [0.2, 0.25) is 0 Å². The highest BCUT2D eigenvalue weighted by molar-refractivity contribution is 5.80. The molecule has 2 rings (SSSR count). The van der Waals surface area contributed by atoms with Crippen molar-refractivity contribution in [1.29, 1.82) is 0 Å². The number of ether oxygens (including phenoxy) is 1. The zero-order valence-corrected chi connectivity index (χ0v) is 13.7. The van der Waals surface area contributed by atoms with Crippen LogP contribution in [0.25, 0.3) is 0 Å². The molecule has 0 radical (unpaired) electrons. The summed E-state index contributed by atoms with van der Waals surface area (Å²) in [7, 11) is 1.85. The average Bonchev–Trinajstić information content (AvgIpc) is 3.09. The maximum Gasteiger partial charge on any atom is 0.191 e. The Morgan fingerprint density at radius 1 is 1.35 bits per heavy atom. The van der Waals surface area contributed by atoms with E-state index in [-0.39, 0.29) is 5.41 Å². The average molecular weight is 281 g/mol. The minimum Gasteiger partial charge on any atom is -0.377 e. The Labute approximate surface area is 123 Å². The van der Waals surface area contributed by atoms with E-state index in [1.54, 1.807) is 0 Å². The number of nitrogens with one attached hydrogen (secondary N) is 2. The molecule has 2 aliphatic rings. The van der Waals surface area contributed by atoms with Crippen molar-refractivity contribution in [1.82, 2.24) is 10.6 Å². The molecule has 4 heteroatoms. The molecule has 4 unspecified atom stereocenters. The van der Waals surface area contributed by atoms with E-state index in [4.69, 9.17) is 4.74 Å². The van der Waals surface area contributed by atoms with Gasteiger partial charge in [-0.3, -0.25) is 4.99 Å². The monoisotopic (exact) mass is 281 g/mol. The summed E-state index contributed by atoms with van der Waals surface area (Å²) in [5, 5.41) is 6.97. The lowest BCUT2D eigenvalue weighted by Gasteiger charge is -2.40. The molecule has 1 heterocycles. The summed E-state index contributed by atoms with van der Waals surface area (Å²) >= 11 is 0. The van der Waals surface area contributed by atoms with E-state index in [1.807, 2.05) is 7.05 Å². The second-order valence-corrected chi connectivity index (χ2v) is 7.48. The van der Waals surface area contributed by atoms with Crippen molar-refractivity contribution < 1.29 is 4.74 Å². The number of rotatable bonds is 3. The third-order valence-corrected chi connectivity index (χ3v) is 4.49. The Bertz CT molecular complexity index is 348. The molecule has 20 heavy (non-hydrogen) atoms. The number of aliphatic imine (C=N–C) groups is 1. The van der Waals surface area contributed by atoms with Gasteiger partial charge in [0.2, 0.25) is 0 Å². The van der Waals surface area contributed by atoms with Gasteiger partial charge in [0.15, 0.2) is 5.96 Å². The molecule has 0 spiro atoms. The van der Waals surface area contributed by atoms with Crippen molar-refractivity contribution in [3.8, 4) is 0 Å². The fourth-order valence-electron chi connectivity index (χ4n) is 3.13. The molecule has 0 aromatic rings. The van der Waals surface area contributed by atoms with Gasteiger partial charge in [-0.05, 0) is 30.6 Å². The van der Waals surface area contributed by atoms with Gasteiger partial charge >= 0.3 is 0 Å². The van der Waals surface area contributed by atoms with Crippen LogP contribution in [-0.2, 0) is 4.74 Å². The Morgan fingerprint density at radius 2 is 2.05 bits per heavy atom. The third-order valence-electron chi connectivity index (χ3n) is 4.49. The van der Waals surface area contributed by atoms with Crippen LogP contribution in [0.4, 0.5) is 0 Å². The number of guanidine groups is 1. The molecule has 1 saturated carbocycles. The van der Waals surface area contributed by atoms with Crippen LogP contribution < -0.4 is 10.6 Å². The highest BCUT2D eigenvalue weighted by atomic mass is 16.5. The minimum absolute atomic E-state index is 0.203. The summed E-state index contributed by atoms with van der Waals surface area (Å²) in [6.07, 6.45) is 4.01. The highest BCUT2D eigenvalue weighted by Crippen LogP contribution is 2.33. The van der Waals surface area contributed by atoms with Gasteiger partial charge in [0.05, 0.1) is 6.10 Å². The summed E-state index contributed by atoms with van der Waals surface area (Å²) in [6.45, 7) is 10.9. The predicted octanol–water partition coefficient (Wildman–Crippen LogP) is 2.40. The molecule has 0 aromatic heterocycles. The molecule has 1 saturated heterocycles.